The minimum absolute atomic E-state index is 0.0717. The fraction of sp³-hybridized carbons (Fsp3) is 0.500. The lowest BCUT2D eigenvalue weighted by molar-refractivity contribution is 0.0630. The van der Waals surface area contributed by atoms with Crippen molar-refractivity contribution in [2.75, 3.05) is 19.0 Å². The lowest BCUT2D eigenvalue weighted by atomic mass is 9.99. The van der Waals surface area contributed by atoms with Gasteiger partial charge in [0.2, 0.25) is 0 Å². The van der Waals surface area contributed by atoms with Gasteiger partial charge >= 0.3 is 6.03 Å². The van der Waals surface area contributed by atoms with Gasteiger partial charge in [0.1, 0.15) is 20.6 Å². The maximum atomic E-state index is 12.9. The molecule has 0 spiro atoms. The summed E-state index contributed by atoms with van der Waals surface area (Å²) in [6.07, 6.45) is 5.87. The zero-order valence-electron chi connectivity index (χ0n) is 17.2. The van der Waals surface area contributed by atoms with E-state index in [2.05, 4.69) is 27.3 Å². The quantitative estimate of drug-likeness (QED) is 0.402. The number of carbonyl (C=O) groups excluding carboxylic acids is 1. The van der Waals surface area contributed by atoms with Crippen LogP contribution in [0.2, 0.25) is 0 Å². The van der Waals surface area contributed by atoms with Crippen LogP contribution in [0.15, 0.2) is 26.2 Å². The molecular weight excluding hydrogens is 424 g/mol. The molecule has 3 rings (SSSR count). The first-order valence-electron chi connectivity index (χ1n) is 9.78. The van der Waals surface area contributed by atoms with Crippen molar-refractivity contribution in [3.63, 3.8) is 0 Å². The molecule has 0 aliphatic heterocycles. The van der Waals surface area contributed by atoms with Crippen molar-refractivity contribution in [1.82, 2.24) is 0 Å². The molecule has 2 amide bonds. The largest absolute Gasteiger partial charge is 0.393 e. The third kappa shape index (κ3) is 4.62. The standard InChI is InChI=1S/C20H28N4O4S2/c1-12(29-18(22-3)20(2,27)11-25)30(21,28)24-19(26)23-17-15-8-4-6-13(15)10-14-7-5-9-16(14)17/h10,25,27H,1,4-9,11H2,2-3H3,(H3,21,23,24,26,28). The van der Waals surface area contributed by atoms with Crippen LogP contribution in [-0.2, 0) is 35.6 Å². The Morgan fingerprint density at radius 3 is 2.37 bits per heavy atom. The molecule has 2 aliphatic rings. The van der Waals surface area contributed by atoms with Gasteiger partial charge in [-0.3, -0.25) is 4.99 Å². The zero-order chi connectivity index (χ0) is 22.1. The molecular formula is C20H28N4O4S2. The van der Waals surface area contributed by atoms with Gasteiger partial charge in [0, 0.05) is 12.7 Å². The van der Waals surface area contributed by atoms with Crippen molar-refractivity contribution in [2.24, 2.45) is 14.5 Å². The molecule has 8 nitrogen and oxygen atoms in total. The normalized spacial score (nSPS) is 19.4. The van der Waals surface area contributed by atoms with Crippen molar-refractivity contribution < 1.29 is 19.2 Å². The number of hydrogen-bond donors (Lipinski definition) is 4. The van der Waals surface area contributed by atoms with Gasteiger partial charge < -0.3 is 15.5 Å². The highest BCUT2D eigenvalue weighted by molar-refractivity contribution is 8.27. The minimum atomic E-state index is -3.62. The molecule has 0 saturated carbocycles. The molecule has 10 heteroatoms. The average Bonchev–Trinajstić information content (AvgIpc) is 3.34. The second-order valence-corrected chi connectivity index (χ2v) is 10.9. The van der Waals surface area contributed by atoms with Gasteiger partial charge in [-0.1, -0.05) is 24.4 Å². The lowest BCUT2D eigenvalue weighted by Gasteiger charge is -2.22. The number of nitrogens with one attached hydrogen (secondary N) is 1. The van der Waals surface area contributed by atoms with Crippen LogP contribution < -0.4 is 10.5 Å². The third-order valence-corrected chi connectivity index (χ3v) is 8.53. The van der Waals surface area contributed by atoms with E-state index in [9.17, 15) is 19.2 Å². The highest BCUT2D eigenvalue weighted by Crippen LogP contribution is 2.38. The summed E-state index contributed by atoms with van der Waals surface area (Å²) < 4.78 is 16.4. The zero-order valence-corrected chi connectivity index (χ0v) is 18.9. The summed E-state index contributed by atoms with van der Waals surface area (Å²) in [5, 5.41) is 28.2. The first kappa shape index (κ1) is 23.0. The number of nitrogens with zero attached hydrogens (tertiary/aromatic N) is 2. The van der Waals surface area contributed by atoms with E-state index < -0.39 is 28.2 Å². The Bertz CT molecular complexity index is 1010. The van der Waals surface area contributed by atoms with E-state index >= 15 is 0 Å². The van der Waals surface area contributed by atoms with Crippen LogP contribution >= 0.6 is 11.8 Å². The summed E-state index contributed by atoms with van der Waals surface area (Å²) in [4.78, 5) is 16.5. The first-order chi connectivity index (χ1) is 14.1. The number of urea groups is 1. The number of fused-ring (bicyclic) bond motifs is 2. The van der Waals surface area contributed by atoms with E-state index in [-0.39, 0.29) is 9.28 Å². The molecule has 0 bridgehead atoms. The Balaban J connectivity index is 1.83. The first-order valence-corrected chi connectivity index (χ1v) is 12.2. The number of benzene rings is 1. The summed E-state index contributed by atoms with van der Waals surface area (Å²) in [6, 6.07) is 1.46. The van der Waals surface area contributed by atoms with Gasteiger partial charge in [0.25, 0.3) is 0 Å². The fourth-order valence-electron chi connectivity index (χ4n) is 3.90. The fourth-order valence-corrected chi connectivity index (χ4v) is 5.71. The summed E-state index contributed by atoms with van der Waals surface area (Å²) in [5.41, 5.74) is 3.93. The Morgan fingerprint density at radius 1 is 1.30 bits per heavy atom. The molecule has 5 N–H and O–H groups in total. The van der Waals surface area contributed by atoms with Gasteiger partial charge in [0.15, 0.2) is 0 Å². The Kier molecular flexibility index (Phi) is 6.73. The van der Waals surface area contributed by atoms with Crippen LogP contribution in [0.25, 0.3) is 0 Å². The number of rotatable bonds is 5. The highest BCUT2D eigenvalue weighted by atomic mass is 32.3. The molecule has 2 unspecified atom stereocenters. The molecule has 30 heavy (non-hydrogen) atoms. The topological polar surface area (TPSA) is 137 Å². The second kappa shape index (κ2) is 8.80. The molecule has 2 atom stereocenters. The van der Waals surface area contributed by atoms with Gasteiger partial charge in [-0.15, -0.1) is 4.36 Å². The predicted octanol–water partition coefficient (Wildman–Crippen LogP) is 2.51. The number of hydrogen-bond acceptors (Lipinski definition) is 6. The van der Waals surface area contributed by atoms with Crippen LogP contribution in [0.5, 0.6) is 0 Å². The Labute approximate surface area is 181 Å². The number of aliphatic hydroxyl groups excluding tert-OH is 1. The van der Waals surface area contributed by atoms with Crippen molar-refractivity contribution in [3.8, 4) is 0 Å². The molecule has 0 radical (unpaired) electrons. The van der Waals surface area contributed by atoms with E-state index in [1.54, 1.807) is 0 Å². The van der Waals surface area contributed by atoms with Crippen LogP contribution in [0.1, 0.15) is 42.0 Å². The molecule has 164 valence electrons. The molecule has 0 saturated heterocycles. The number of nitrogens with two attached hydrogens (primary N) is 1. The molecule has 0 fully saturated rings. The summed E-state index contributed by atoms with van der Waals surface area (Å²) in [5.74, 6) is 0. The number of anilines is 1. The molecule has 1 aromatic rings. The van der Waals surface area contributed by atoms with Gasteiger partial charge in [0.05, 0.1) is 10.8 Å². The van der Waals surface area contributed by atoms with Crippen molar-refractivity contribution >= 4 is 38.4 Å². The highest BCUT2D eigenvalue weighted by Gasteiger charge is 2.30. The van der Waals surface area contributed by atoms with E-state index in [4.69, 9.17) is 5.14 Å². The van der Waals surface area contributed by atoms with Crippen LogP contribution in [0.4, 0.5) is 10.5 Å². The van der Waals surface area contributed by atoms with Crippen molar-refractivity contribution in [2.45, 2.75) is 51.0 Å². The molecule has 2 aliphatic carbocycles. The SMILES string of the molecule is C=C(SC(=NC)C(C)(O)CO)S(N)(=O)=NC(=O)Nc1c2c(cc3c1CCC3)CCC2. The summed E-state index contributed by atoms with van der Waals surface area (Å²) in [7, 11) is -2.21. The smallest absolute Gasteiger partial charge is 0.354 e. The van der Waals surface area contributed by atoms with Gasteiger partial charge in [-0.2, -0.15) is 0 Å². The number of thioether (sulfide) groups is 1. The third-order valence-electron chi connectivity index (χ3n) is 5.43. The van der Waals surface area contributed by atoms with E-state index in [1.807, 2.05) is 0 Å². The predicted molar refractivity (Wildman–Crippen MR) is 122 cm³/mol. The number of aryl methyl sites for hydroxylation is 2. The van der Waals surface area contributed by atoms with E-state index in [0.29, 0.717) is 0 Å². The van der Waals surface area contributed by atoms with Crippen LogP contribution in [0, 0.1) is 0 Å². The Hall–Kier alpha value is -1.72. The number of aliphatic hydroxyl groups is 2. The van der Waals surface area contributed by atoms with Crippen molar-refractivity contribution in [3.05, 3.63) is 39.1 Å². The number of amides is 2. The monoisotopic (exact) mass is 452 g/mol. The maximum absolute atomic E-state index is 12.9. The van der Waals surface area contributed by atoms with Gasteiger partial charge in [-0.05, 0) is 67.7 Å². The van der Waals surface area contributed by atoms with Crippen LogP contribution in [-0.4, -0.2) is 44.8 Å². The second-order valence-electron chi connectivity index (χ2n) is 7.76. The molecule has 0 heterocycles. The maximum Gasteiger partial charge on any atom is 0.354 e. The average molecular weight is 453 g/mol. The number of carbonyl (C=O) groups is 1. The summed E-state index contributed by atoms with van der Waals surface area (Å²) >= 11 is 0.743. The number of aliphatic imine (C=N–C) groups is 1. The van der Waals surface area contributed by atoms with Gasteiger partial charge in [-0.25, -0.2) is 14.1 Å². The molecule has 0 aromatic heterocycles. The lowest BCUT2D eigenvalue weighted by Crippen LogP contribution is -2.37. The summed E-state index contributed by atoms with van der Waals surface area (Å²) in [6.45, 7) is 4.42. The van der Waals surface area contributed by atoms with E-state index in [1.165, 1.54) is 25.1 Å². The van der Waals surface area contributed by atoms with E-state index in [0.717, 1.165) is 67.1 Å². The van der Waals surface area contributed by atoms with Crippen LogP contribution in [0.3, 0.4) is 0 Å². The molecule has 1 aromatic carbocycles. The minimum Gasteiger partial charge on any atom is -0.393 e. The Morgan fingerprint density at radius 2 is 1.87 bits per heavy atom. The van der Waals surface area contributed by atoms with Crippen molar-refractivity contribution in [1.29, 1.82) is 0 Å².